The largest absolute Gasteiger partial charge is 0.465 e. The number of hydrogen-bond donors (Lipinski definition) is 1. The quantitative estimate of drug-likeness (QED) is 0.585. The molecule has 0 unspecified atom stereocenters. The normalized spacial score (nSPS) is 23.5. The third-order valence-electron chi connectivity index (χ3n) is 5.25. The van der Waals surface area contributed by atoms with Gasteiger partial charge in [-0.25, -0.2) is 0 Å². The summed E-state index contributed by atoms with van der Waals surface area (Å²) in [6.07, 6.45) is 0. The van der Waals surface area contributed by atoms with E-state index in [1.54, 1.807) is 27.7 Å². The molecule has 31 heavy (non-hydrogen) atoms. The molecule has 2 aromatic rings. The van der Waals surface area contributed by atoms with Crippen molar-refractivity contribution in [3.63, 3.8) is 0 Å². The molecule has 1 aliphatic heterocycles. The molecule has 1 amide bonds. The Labute approximate surface area is 182 Å². The number of carbonyl (C=O) groups excluding carboxylic acids is 3. The van der Waals surface area contributed by atoms with Gasteiger partial charge >= 0.3 is 11.9 Å². The summed E-state index contributed by atoms with van der Waals surface area (Å²) in [6, 6.07) is 17.8. The van der Waals surface area contributed by atoms with Crippen molar-refractivity contribution < 1.29 is 23.9 Å². The zero-order chi connectivity index (χ0) is 22.6. The summed E-state index contributed by atoms with van der Waals surface area (Å²) in [6.45, 7) is 7.22. The van der Waals surface area contributed by atoms with Crippen molar-refractivity contribution in [3.8, 4) is 0 Å². The SMILES string of the molecule is CCOC(=O)[C@@H]1C(=O)N[C@@H](c2ccccc2)[C@@H](C(=O)OC(C)(C)C)[C@H]1c1ccccc1. The van der Waals surface area contributed by atoms with Crippen LogP contribution in [0.25, 0.3) is 0 Å². The summed E-state index contributed by atoms with van der Waals surface area (Å²) in [5, 5.41) is 2.90. The van der Waals surface area contributed by atoms with Crippen molar-refractivity contribution in [1.29, 1.82) is 0 Å². The molecule has 3 rings (SSSR count). The fourth-order valence-electron chi connectivity index (χ4n) is 4.07. The molecule has 1 fully saturated rings. The lowest BCUT2D eigenvalue weighted by Gasteiger charge is -2.42. The number of rotatable bonds is 5. The molecule has 0 aliphatic carbocycles. The molecule has 4 atom stereocenters. The lowest BCUT2D eigenvalue weighted by atomic mass is 9.69. The zero-order valence-corrected chi connectivity index (χ0v) is 18.3. The van der Waals surface area contributed by atoms with Gasteiger partial charge in [0, 0.05) is 5.92 Å². The Bertz CT molecular complexity index is 920. The monoisotopic (exact) mass is 423 g/mol. The topological polar surface area (TPSA) is 81.7 Å². The third kappa shape index (κ3) is 5.13. The predicted molar refractivity (Wildman–Crippen MR) is 116 cm³/mol. The highest BCUT2D eigenvalue weighted by atomic mass is 16.6. The molecule has 0 saturated carbocycles. The maximum Gasteiger partial charge on any atom is 0.319 e. The van der Waals surface area contributed by atoms with Crippen LogP contribution >= 0.6 is 0 Å². The molecule has 0 radical (unpaired) electrons. The van der Waals surface area contributed by atoms with Crippen LogP contribution in [-0.2, 0) is 23.9 Å². The van der Waals surface area contributed by atoms with Crippen molar-refractivity contribution >= 4 is 17.8 Å². The minimum absolute atomic E-state index is 0.142. The fraction of sp³-hybridized carbons (Fsp3) is 0.400. The van der Waals surface area contributed by atoms with Crippen LogP contribution < -0.4 is 5.32 Å². The highest BCUT2D eigenvalue weighted by Gasteiger charge is 2.53. The lowest BCUT2D eigenvalue weighted by molar-refractivity contribution is -0.168. The van der Waals surface area contributed by atoms with Gasteiger partial charge in [0.15, 0.2) is 0 Å². The van der Waals surface area contributed by atoms with Crippen LogP contribution in [0, 0.1) is 11.8 Å². The van der Waals surface area contributed by atoms with Crippen molar-refractivity contribution in [1.82, 2.24) is 5.32 Å². The molecular weight excluding hydrogens is 394 g/mol. The van der Waals surface area contributed by atoms with Crippen LogP contribution in [-0.4, -0.2) is 30.1 Å². The van der Waals surface area contributed by atoms with E-state index in [1.807, 2.05) is 60.7 Å². The van der Waals surface area contributed by atoms with Crippen molar-refractivity contribution in [2.75, 3.05) is 6.61 Å². The molecule has 6 heteroatoms. The van der Waals surface area contributed by atoms with E-state index in [0.717, 1.165) is 5.56 Å². The smallest absolute Gasteiger partial charge is 0.319 e. The highest BCUT2D eigenvalue weighted by molar-refractivity contribution is 6.01. The van der Waals surface area contributed by atoms with Crippen LogP contribution in [0.15, 0.2) is 60.7 Å². The fourth-order valence-corrected chi connectivity index (χ4v) is 4.07. The van der Waals surface area contributed by atoms with E-state index in [1.165, 1.54) is 0 Å². The van der Waals surface area contributed by atoms with Crippen LogP contribution in [0.4, 0.5) is 0 Å². The van der Waals surface area contributed by atoms with Crippen molar-refractivity contribution in [2.45, 2.75) is 45.3 Å². The van der Waals surface area contributed by atoms with Crippen molar-refractivity contribution in [2.24, 2.45) is 11.8 Å². The molecule has 0 spiro atoms. The number of hydrogen-bond acceptors (Lipinski definition) is 5. The first kappa shape index (κ1) is 22.5. The van der Waals surface area contributed by atoms with Crippen LogP contribution in [0.1, 0.15) is 50.8 Å². The second-order valence-electron chi connectivity index (χ2n) is 8.62. The molecule has 0 bridgehead atoms. The standard InChI is InChI=1S/C25H29NO5/c1-5-30-23(28)20-18(16-12-8-6-9-13-16)19(24(29)31-25(2,3)4)21(26-22(20)27)17-14-10-7-11-15-17/h6-15,18-21H,5H2,1-4H3,(H,26,27)/t18-,19+,20+,21+/m1/s1. The summed E-state index contributed by atoms with van der Waals surface area (Å²) >= 11 is 0. The molecule has 1 aliphatic rings. The number of ether oxygens (including phenoxy) is 2. The maximum absolute atomic E-state index is 13.5. The molecule has 6 nitrogen and oxygen atoms in total. The molecule has 1 N–H and O–H groups in total. The van der Waals surface area contributed by atoms with Gasteiger partial charge in [-0.1, -0.05) is 60.7 Å². The molecule has 2 aromatic carbocycles. The van der Waals surface area contributed by atoms with Crippen LogP contribution in [0.2, 0.25) is 0 Å². The number of nitrogens with one attached hydrogen (secondary N) is 1. The van der Waals surface area contributed by atoms with E-state index in [2.05, 4.69) is 5.32 Å². The van der Waals surface area contributed by atoms with Gasteiger partial charge < -0.3 is 14.8 Å². The molecule has 0 aromatic heterocycles. The first-order valence-electron chi connectivity index (χ1n) is 10.5. The minimum atomic E-state index is -1.15. The zero-order valence-electron chi connectivity index (χ0n) is 18.3. The number of benzene rings is 2. The third-order valence-corrected chi connectivity index (χ3v) is 5.25. The molecule has 1 saturated heterocycles. The number of esters is 2. The maximum atomic E-state index is 13.5. The Kier molecular flexibility index (Phi) is 6.78. The highest BCUT2D eigenvalue weighted by Crippen LogP contribution is 2.45. The van der Waals surface area contributed by atoms with E-state index in [0.29, 0.717) is 5.56 Å². The molecule has 1 heterocycles. The Morgan fingerprint density at radius 1 is 0.903 bits per heavy atom. The number of amides is 1. The Hall–Kier alpha value is -3.15. The average molecular weight is 424 g/mol. The summed E-state index contributed by atoms with van der Waals surface area (Å²) in [4.78, 5) is 39.5. The average Bonchev–Trinajstić information content (AvgIpc) is 2.73. The van der Waals surface area contributed by atoms with E-state index < -0.39 is 47.2 Å². The molecular formula is C25H29NO5. The summed E-state index contributed by atoms with van der Waals surface area (Å²) in [7, 11) is 0. The lowest BCUT2D eigenvalue weighted by Crippen LogP contribution is -2.54. The number of carbonyl (C=O) groups is 3. The van der Waals surface area contributed by atoms with Gasteiger partial charge in [0.05, 0.1) is 18.6 Å². The Balaban J connectivity index is 2.16. The predicted octanol–water partition coefficient (Wildman–Crippen LogP) is 3.78. The van der Waals surface area contributed by atoms with Gasteiger partial charge in [0.25, 0.3) is 0 Å². The van der Waals surface area contributed by atoms with Crippen LogP contribution in [0.3, 0.4) is 0 Å². The Morgan fingerprint density at radius 2 is 1.45 bits per heavy atom. The van der Waals surface area contributed by atoms with Crippen molar-refractivity contribution in [3.05, 3.63) is 71.8 Å². The van der Waals surface area contributed by atoms with Gasteiger partial charge in [-0.3, -0.25) is 14.4 Å². The van der Waals surface area contributed by atoms with Crippen LogP contribution in [0.5, 0.6) is 0 Å². The van der Waals surface area contributed by atoms with E-state index in [4.69, 9.17) is 9.47 Å². The van der Waals surface area contributed by atoms with Gasteiger partial charge in [-0.05, 0) is 38.8 Å². The summed E-state index contributed by atoms with van der Waals surface area (Å²) in [5.74, 6) is -4.26. The van der Waals surface area contributed by atoms with E-state index in [9.17, 15) is 14.4 Å². The van der Waals surface area contributed by atoms with E-state index >= 15 is 0 Å². The first-order chi connectivity index (χ1) is 14.7. The molecule has 164 valence electrons. The van der Waals surface area contributed by atoms with Gasteiger partial charge in [0.1, 0.15) is 11.5 Å². The number of piperidine rings is 1. The summed E-state index contributed by atoms with van der Waals surface area (Å²) in [5.41, 5.74) is 0.766. The second kappa shape index (κ2) is 9.33. The second-order valence-corrected chi connectivity index (χ2v) is 8.62. The van der Waals surface area contributed by atoms with Gasteiger partial charge in [0.2, 0.25) is 5.91 Å². The van der Waals surface area contributed by atoms with Gasteiger partial charge in [-0.15, -0.1) is 0 Å². The minimum Gasteiger partial charge on any atom is -0.465 e. The first-order valence-corrected chi connectivity index (χ1v) is 10.5. The Morgan fingerprint density at radius 3 is 1.97 bits per heavy atom. The summed E-state index contributed by atoms with van der Waals surface area (Å²) < 4.78 is 11.0. The van der Waals surface area contributed by atoms with Gasteiger partial charge in [-0.2, -0.15) is 0 Å². The van der Waals surface area contributed by atoms with E-state index in [-0.39, 0.29) is 6.61 Å².